The normalized spacial score (nSPS) is 11.7. The summed E-state index contributed by atoms with van der Waals surface area (Å²) in [6, 6.07) is 5.60. The van der Waals surface area contributed by atoms with E-state index in [4.69, 9.17) is 14.3 Å². The molecule has 8 amide bonds. The first-order chi connectivity index (χ1) is 25.0. The molecule has 0 aromatic heterocycles. The van der Waals surface area contributed by atoms with Crippen molar-refractivity contribution in [2.75, 3.05) is 45.9 Å². The zero-order valence-corrected chi connectivity index (χ0v) is 29.4. The number of aliphatic carboxylic acids is 1. The molecule has 0 bridgehead atoms. The number of nitrogens with one attached hydrogen (secondary N) is 8. The van der Waals surface area contributed by atoms with E-state index in [1.54, 1.807) is 51.1 Å². The maximum Gasteiger partial charge on any atom is 0.431 e. The van der Waals surface area contributed by atoms with Crippen LogP contribution >= 0.6 is 0 Å². The van der Waals surface area contributed by atoms with Crippen LogP contribution in [0.3, 0.4) is 0 Å². The number of amides is 8. The molecule has 1 aromatic rings. The number of carbonyl (C=O) groups excluding carboxylic acids is 8. The van der Waals surface area contributed by atoms with Crippen LogP contribution in [0.25, 0.3) is 0 Å². The van der Waals surface area contributed by atoms with Gasteiger partial charge in [0.2, 0.25) is 35.4 Å². The third-order valence-electron chi connectivity index (χ3n) is 6.14. The van der Waals surface area contributed by atoms with Crippen molar-refractivity contribution in [3.63, 3.8) is 0 Å². The Morgan fingerprint density at radius 1 is 0.698 bits per heavy atom. The van der Waals surface area contributed by atoms with Gasteiger partial charge < -0.3 is 56.9 Å². The first kappa shape index (κ1) is 45.0. The number of hydrogen-bond donors (Lipinski definition) is 10. The topological polar surface area (TPSA) is 318 Å². The molecular weight excluding hydrogens is 708 g/mol. The summed E-state index contributed by atoms with van der Waals surface area (Å²) in [6.45, 7) is 1.74. The number of hydroxylamine groups is 1. The van der Waals surface area contributed by atoms with E-state index < -0.39 is 110 Å². The third-order valence-corrected chi connectivity index (χ3v) is 6.14. The maximum absolute atomic E-state index is 12.4. The summed E-state index contributed by atoms with van der Waals surface area (Å²) in [4.78, 5) is 112. The SMILES string of the molecule is CC(C)(C)OC(=O)NOCCNC(=O)CNC(=O)CNC(=O)CNC(=O)CNC(=O)[C@H](CO)NC(=O)CC[C@H](NC(=O)OCc1ccccc1)C(=O)O. The number of alkyl carbamates (subject to hydrolysis) is 1. The molecule has 10 N–H and O–H groups in total. The Kier molecular flexibility index (Phi) is 20.5. The Labute approximate surface area is 303 Å². The molecule has 53 heavy (non-hydrogen) atoms. The standard InChI is InChI=1S/C31H46N8O14/c1-31(2,3)53-30(50)39-52-12-11-32-23(42)13-33-24(43)14-34-25(44)15-35-26(45)16-36-27(46)21(17-40)37-22(41)10-9-20(28(47)48)38-29(49)51-18-19-7-5-4-6-8-19/h4-8,20-21,40H,9-18H2,1-3H3,(H,32,42)(H,33,43)(H,34,44)(H,35,45)(H,36,46)(H,37,41)(H,38,49)(H,39,50)(H,47,48)/t20-,21-/m0/s1. The van der Waals surface area contributed by atoms with E-state index in [0.29, 0.717) is 5.56 Å². The molecule has 0 aliphatic rings. The van der Waals surface area contributed by atoms with Crippen LogP contribution in [0.1, 0.15) is 39.2 Å². The van der Waals surface area contributed by atoms with Gasteiger partial charge in [-0.05, 0) is 32.8 Å². The highest BCUT2D eigenvalue weighted by Crippen LogP contribution is 2.06. The van der Waals surface area contributed by atoms with E-state index in [2.05, 4.69) is 37.2 Å². The second kappa shape index (κ2) is 24.2. The quantitative estimate of drug-likeness (QED) is 0.0409. The number of aliphatic hydroxyl groups excluding tert-OH is 1. The third kappa shape index (κ3) is 22.4. The zero-order valence-electron chi connectivity index (χ0n) is 29.4. The van der Waals surface area contributed by atoms with Crippen molar-refractivity contribution in [1.82, 2.24) is 42.7 Å². The highest BCUT2D eigenvalue weighted by molar-refractivity contribution is 5.93. The first-order valence-electron chi connectivity index (χ1n) is 16.0. The summed E-state index contributed by atoms with van der Waals surface area (Å²) in [7, 11) is 0. The van der Waals surface area contributed by atoms with Crippen molar-refractivity contribution in [2.45, 2.75) is 57.9 Å². The second-order valence-electron chi connectivity index (χ2n) is 11.8. The molecule has 294 valence electrons. The molecule has 0 fully saturated rings. The van der Waals surface area contributed by atoms with E-state index in [9.17, 15) is 53.4 Å². The minimum Gasteiger partial charge on any atom is -0.480 e. The summed E-state index contributed by atoms with van der Waals surface area (Å²) < 4.78 is 9.93. The van der Waals surface area contributed by atoms with E-state index >= 15 is 0 Å². The number of rotatable bonds is 22. The lowest BCUT2D eigenvalue weighted by Crippen LogP contribution is -2.51. The number of carboxylic acid groups (broad SMARTS) is 1. The molecule has 22 nitrogen and oxygen atoms in total. The summed E-state index contributed by atoms with van der Waals surface area (Å²) in [5.74, 6) is -6.16. The largest absolute Gasteiger partial charge is 0.480 e. The predicted octanol–water partition coefficient (Wildman–Crippen LogP) is -3.34. The van der Waals surface area contributed by atoms with Crippen LogP contribution in [0.4, 0.5) is 9.59 Å². The fourth-order valence-electron chi connectivity index (χ4n) is 3.63. The van der Waals surface area contributed by atoms with Crippen molar-refractivity contribution < 1.29 is 67.7 Å². The molecule has 1 rings (SSSR count). The average molecular weight is 755 g/mol. The number of carboxylic acids is 1. The van der Waals surface area contributed by atoms with Gasteiger partial charge in [-0.2, -0.15) is 5.48 Å². The predicted molar refractivity (Wildman–Crippen MR) is 180 cm³/mol. The molecule has 22 heteroatoms. The van der Waals surface area contributed by atoms with Crippen LogP contribution in [0.2, 0.25) is 0 Å². The van der Waals surface area contributed by atoms with Gasteiger partial charge in [0.25, 0.3) is 0 Å². The molecular formula is C31H46N8O14. The van der Waals surface area contributed by atoms with Crippen LogP contribution in [-0.4, -0.2) is 127 Å². The fourth-order valence-corrected chi connectivity index (χ4v) is 3.63. The highest BCUT2D eigenvalue weighted by atomic mass is 16.7. The number of aliphatic hydroxyl groups is 1. The number of benzene rings is 1. The Hall–Kier alpha value is -6.03. The average Bonchev–Trinajstić information content (AvgIpc) is 3.10. The smallest absolute Gasteiger partial charge is 0.431 e. The summed E-state index contributed by atoms with van der Waals surface area (Å²) in [5.41, 5.74) is 1.99. The van der Waals surface area contributed by atoms with Crippen molar-refractivity contribution in [1.29, 1.82) is 0 Å². The van der Waals surface area contributed by atoms with Gasteiger partial charge in [-0.1, -0.05) is 30.3 Å². The lowest BCUT2D eigenvalue weighted by atomic mass is 10.1. The van der Waals surface area contributed by atoms with Crippen molar-refractivity contribution in [3.05, 3.63) is 35.9 Å². The fraction of sp³-hybridized carbons (Fsp3) is 0.516. The van der Waals surface area contributed by atoms with Crippen LogP contribution in [0.15, 0.2) is 30.3 Å². The van der Waals surface area contributed by atoms with Crippen molar-refractivity contribution in [2.24, 2.45) is 0 Å². The number of carbonyl (C=O) groups is 9. The van der Waals surface area contributed by atoms with E-state index in [0.717, 1.165) is 0 Å². The minimum absolute atomic E-state index is 0.000615. The van der Waals surface area contributed by atoms with Crippen LogP contribution in [0.5, 0.6) is 0 Å². The number of ether oxygens (including phenoxy) is 2. The van der Waals surface area contributed by atoms with Gasteiger partial charge in [-0.3, -0.25) is 33.6 Å². The summed E-state index contributed by atoms with van der Waals surface area (Å²) >= 11 is 0. The molecule has 0 aliphatic carbocycles. The van der Waals surface area contributed by atoms with Gasteiger partial charge >= 0.3 is 18.2 Å². The monoisotopic (exact) mass is 754 g/mol. The maximum atomic E-state index is 12.4. The lowest BCUT2D eigenvalue weighted by Gasteiger charge is -2.19. The Morgan fingerprint density at radius 3 is 1.77 bits per heavy atom. The molecule has 0 spiro atoms. The zero-order chi connectivity index (χ0) is 39.8. The highest BCUT2D eigenvalue weighted by Gasteiger charge is 2.25. The molecule has 0 unspecified atom stereocenters. The summed E-state index contributed by atoms with van der Waals surface area (Å²) in [6.07, 6.45) is -2.67. The molecule has 2 atom stereocenters. The Balaban J connectivity index is 2.26. The van der Waals surface area contributed by atoms with Crippen molar-refractivity contribution >= 4 is 53.6 Å². The molecule has 0 aliphatic heterocycles. The van der Waals surface area contributed by atoms with Gasteiger partial charge in [-0.15, -0.1) is 0 Å². The molecule has 0 saturated heterocycles. The Morgan fingerprint density at radius 2 is 1.25 bits per heavy atom. The Bertz CT molecular complexity index is 1420. The molecule has 0 radical (unpaired) electrons. The van der Waals surface area contributed by atoms with Crippen LogP contribution < -0.4 is 42.7 Å². The summed E-state index contributed by atoms with van der Waals surface area (Å²) in [5, 5.41) is 34.4. The van der Waals surface area contributed by atoms with Crippen molar-refractivity contribution in [3.8, 4) is 0 Å². The van der Waals surface area contributed by atoms with Gasteiger partial charge in [0.1, 0.15) is 24.3 Å². The van der Waals surface area contributed by atoms with E-state index in [-0.39, 0.29) is 26.2 Å². The van der Waals surface area contributed by atoms with Gasteiger partial charge in [0, 0.05) is 13.0 Å². The van der Waals surface area contributed by atoms with Crippen LogP contribution in [0, 0.1) is 0 Å². The van der Waals surface area contributed by atoms with Gasteiger partial charge in [0.05, 0.1) is 39.4 Å². The van der Waals surface area contributed by atoms with E-state index in [1.807, 2.05) is 5.48 Å². The molecule has 0 saturated carbocycles. The number of hydrogen-bond acceptors (Lipinski definition) is 13. The van der Waals surface area contributed by atoms with Gasteiger partial charge in [0.15, 0.2) is 0 Å². The van der Waals surface area contributed by atoms with Crippen LogP contribution in [-0.2, 0) is 54.5 Å². The van der Waals surface area contributed by atoms with Gasteiger partial charge in [-0.25, -0.2) is 14.4 Å². The second-order valence-corrected chi connectivity index (χ2v) is 11.8. The minimum atomic E-state index is -1.51. The molecule has 0 heterocycles. The first-order valence-corrected chi connectivity index (χ1v) is 16.0. The lowest BCUT2D eigenvalue weighted by molar-refractivity contribution is -0.140. The molecule has 1 aromatic carbocycles. The van der Waals surface area contributed by atoms with E-state index in [1.165, 1.54) is 0 Å².